The SMILES string of the molecule is c1ccc(-c2cc(-c3ccc(-c4ccc(-c5ccc6c(c5)c5ccccc5n6-c5ccccc5)c5ccccc45)cc3)nc3ccc4ccccc4c23)cc1.c1ccc(-c2cc(-c3ccc(-c4ccc(-n5c6ccccc6c6ccccc65)c5ccccc45)cc3)nc3ccc4ccccc4c23)cc1.c1ccc(-c2cc(-c3cccc(-c4ccc5ccc6cccnc6c5n4)c3)nc3ccc4ccccc4c23)cc1. The summed E-state index contributed by atoms with van der Waals surface area (Å²) in [5.74, 6) is 0. The fourth-order valence-electron chi connectivity index (χ4n) is 22.1. The Morgan fingerprint density at radius 3 is 0.965 bits per heavy atom. The van der Waals surface area contributed by atoms with Crippen molar-refractivity contribution < 1.29 is 0 Å². The molecule has 0 fully saturated rings. The van der Waals surface area contributed by atoms with Crippen LogP contribution in [0.15, 0.2) is 528 Å². The highest BCUT2D eigenvalue weighted by atomic mass is 15.0. The zero-order valence-electron chi connectivity index (χ0n) is 78.4. The van der Waals surface area contributed by atoms with Gasteiger partial charge in [0.15, 0.2) is 0 Å². The number of hydrogen-bond donors (Lipinski definition) is 0. The Bertz CT molecular complexity index is 10100. The Hall–Kier alpha value is -19.2. The molecule has 0 aliphatic heterocycles. The van der Waals surface area contributed by atoms with E-state index in [0.29, 0.717) is 0 Å². The second kappa shape index (κ2) is 35.7. The van der Waals surface area contributed by atoms with Crippen molar-refractivity contribution in [3.05, 3.63) is 528 Å². The molecule has 0 saturated heterocycles. The minimum atomic E-state index is 0.919. The summed E-state index contributed by atoms with van der Waals surface area (Å²) in [7, 11) is 0. The van der Waals surface area contributed by atoms with E-state index < -0.39 is 0 Å². The molecule has 0 radical (unpaired) electrons. The van der Waals surface area contributed by atoms with Gasteiger partial charge in [-0.05, 0) is 218 Å². The summed E-state index contributed by atoms with van der Waals surface area (Å²) in [6, 6.07) is 187. The molecule has 0 N–H and O–H groups in total. The van der Waals surface area contributed by atoms with Gasteiger partial charge in [-0.25, -0.2) is 19.9 Å². The van der Waals surface area contributed by atoms with E-state index in [0.717, 1.165) is 83.4 Å². The molecule has 0 atom stereocenters. The van der Waals surface area contributed by atoms with Gasteiger partial charge < -0.3 is 9.13 Å². The number of nitrogens with zero attached hydrogens (tertiary/aromatic N) is 7. The normalized spacial score (nSPS) is 11.6. The van der Waals surface area contributed by atoms with E-state index in [4.69, 9.17) is 19.9 Å². The van der Waals surface area contributed by atoms with Gasteiger partial charge in [-0.15, -0.1) is 0 Å². The maximum absolute atomic E-state index is 5.24. The van der Waals surface area contributed by atoms with Crippen molar-refractivity contribution >= 4 is 152 Å². The summed E-state index contributed by atoms with van der Waals surface area (Å²) in [4.78, 5) is 25.3. The fourth-order valence-corrected chi connectivity index (χ4v) is 22.1. The smallest absolute Gasteiger partial charge is 0.0972 e. The van der Waals surface area contributed by atoms with Crippen LogP contribution in [0.2, 0.25) is 0 Å². The number of para-hydroxylation sites is 4. The van der Waals surface area contributed by atoms with Crippen LogP contribution in [0, 0.1) is 0 Å². The molecule has 29 aromatic rings. The van der Waals surface area contributed by atoms with Crippen LogP contribution in [0.25, 0.3) is 275 Å². The molecule has 0 amide bonds. The van der Waals surface area contributed by atoms with E-state index in [1.165, 1.54) is 192 Å². The Balaban J connectivity index is 0.000000109. The highest BCUT2D eigenvalue weighted by molar-refractivity contribution is 6.19. The summed E-state index contributed by atoms with van der Waals surface area (Å²) in [6.07, 6.45) is 1.83. The van der Waals surface area contributed by atoms with Crippen LogP contribution in [0.1, 0.15) is 0 Å². The lowest BCUT2D eigenvalue weighted by Crippen LogP contribution is -1.96. The molecule has 7 heterocycles. The lowest BCUT2D eigenvalue weighted by Gasteiger charge is -2.15. The molecule has 0 aliphatic rings. The second-order valence-corrected chi connectivity index (χ2v) is 37.1. The van der Waals surface area contributed by atoms with Gasteiger partial charge in [0.1, 0.15) is 0 Å². The molecule has 670 valence electrons. The van der Waals surface area contributed by atoms with Crippen LogP contribution in [0.5, 0.6) is 0 Å². The number of hydrogen-bond acceptors (Lipinski definition) is 5. The minimum Gasteiger partial charge on any atom is -0.309 e. The molecule has 0 aliphatic carbocycles. The van der Waals surface area contributed by atoms with Gasteiger partial charge in [0.2, 0.25) is 0 Å². The third-order valence-corrected chi connectivity index (χ3v) is 28.9. The van der Waals surface area contributed by atoms with Crippen molar-refractivity contribution in [2.24, 2.45) is 0 Å². The Labute approximate surface area is 831 Å². The van der Waals surface area contributed by atoms with Crippen LogP contribution in [0.4, 0.5) is 0 Å². The average molecular weight is 1830 g/mol. The van der Waals surface area contributed by atoms with Crippen molar-refractivity contribution in [1.82, 2.24) is 34.1 Å². The van der Waals surface area contributed by atoms with Crippen molar-refractivity contribution in [3.63, 3.8) is 0 Å². The summed E-state index contributed by atoms with van der Waals surface area (Å²) in [6.45, 7) is 0. The third-order valence-electron chi connectivity index (χ3n) is 28.9. The standard InChI is InChI=1S/C53H34N2.C47H30N2.C37H23N3/c1-3-13-35(14-4-1)47-34-50(54-49-31-27-36-15-7-8-18-43(36)53(47)49)38-25-23-37(24-26-38)41-29-30-42(45-20-10-9-19-44(41)45)39-28-32-52-48(33-39)46-21-11-12-22-51(46)55(52)40-16-5-2-6-17-40;1-2-12-31(13-3-1)41-30-43(48-42-28-26-32-14-4-5-15-36(32)47(41)42)34-24-22-33(23-25-34)35-27-29-46(38-17-7-6-16-37(35)38)49-44-20-10-8-18-39(44)40-19-9-11-21-45(40)49;1-2-8-24(9-3-1)31-23-34(39-33-20-17-25-10-4-5-14-30(25)35(31)33)29-12-6-11-28(22-29)32-19-18-27-16-15-26-13-7-21-38-36(26)37(27)40-32/h1-34H;1-30H;1-23H. The lowest BCUT2D eigenvalue weighted by molar-refractivity contribution is 1.18. The molecule has 0 spiro atoms. The van der Waals surface area contributed by atoms with Crippen LogP contribution in [-0.4, -0.2) is 34.1 Å². The number of fused-ring (bicyclic) bond motifs is 20. The van der Waals surface area contributed by atoms with Gasteiger partial charge in [0.25, 0.3) is 0 Å². The first-order chi connectivity index (χ1) is 71.4. The molecule has 7 aromatic heterocycles. The fraction of sp³-hybridized carbons (Fsp3) is 0. The van der Waals surface area contributed by atoms with E-state index in [2.05, 4.69) is 530 Å². The van der Waals surface area contributed by atoms with Crippen LogP contribution in [-0.2, 0) is 0 Å². The predicted octanol–water partition coefficient (Wildman–Crippen LogP) is 36.4. The Morgan fingerprint density at radius 2 is 0.479 bits per heavy atom. The maximum Gasteiger partial charge on any atom is 0.0972 e. The van der Waals surface area contributed by atoms with Gasteiger partial charge >= 0.3 is 0 Å². The minimum absolute atomic E-state index is 0.919. The van der Waals surface area contributed by atoms with Gasteiger partial charge in [0.05, 0.1) is 78.1 Å². The lowest BCUT2D eigenvalue weighted by atomic mass is 9.91. The van der Waals surface area contributed by atoms with Crippen LogP contribution >= 0.6 is 0 Å². The number of aromatic nitrogens is 7. The molecule has 7 nitrogen and oxygen atoms in total. The van der Waals surface area contributed by atoms with E-state index >= 15 is 0 Å². The first-order valence-corrected chi connectivity index (χ1v) is 49.1. The van der Waals surface area contributed by atoms with Crippen LogP contribution in [0.3, 0.4) is 0 Å². The van der Waals surface area contributed by atoms with Crippen molar-refractivity contribution in [3.8, 4) is 123 Å². The van der Waals surface area contributed by atoms with E-state index in [-0.39, 0.29) is 0 Å². The highest BCUT2D eigenvalue weighted by Crippen LogP contribution is 2.47. The van der Waals surface area contributed by atoms with Gasteiger partial charge in [-0.3, -0.25) is 4.98 Å². The predicted molar refractivity (Wildman–Crippen MR) is 606 cm³/mol. The Kier molecular flexibility index (Phi) is 20.8. The van der Waals surface area contributed by atoms with Gasteiger partial charge in [0, 0.05) is 88.0 Å². The first-order valence-electron chi connectivity index (χ1n) is 49.1. The van der Waals surface area contributed by atoms with Gasteiger partial charge in [-0.2, -0.15) is 0 Å². The number of pyridine rings is 5. The first kappa shape index (κ1) is 84.1. The highest BCUT2D eigenvalue weighted by Gasteiger charge is 2.23. The molecule has 0 unspecified atom stereocenters. The second-order valence-electron chi connectivity index (χ2n) is 37.1. The van der Waals surface area contributed by atoms with Crippen molar-refractivity contribution in [2.45, 2.75) is 0 Å². The molecule has 0 bridgehead atoms. The molecule has 0 saturated carbocycles. The quantitative estimate of drug-likeness (QED) is 0.114. The average Bonchev–Trinajstić information content (AvgIpc) is 1.56. The summed E-state index contributed by atoms with van der Waals surface area (Å²) < 4.78 is 4.79. The topological polar surface area (TPSA) is 74.3 Å². The van der Waals surface area contributed by atoms with Crippen LogP contribution < -0.4 is 0 Å². The van der Waals surface area contributed by atoms with E-state index in [1.807, 2.05) is 12.3 Å². The zero-order valence-corrected chi connectivity index (χ0v) is 78.4. The largest absolute Gasteiger partial charge is 0.309 e. The van der Waals surface area contributed by atoms with E-state index in [9.17, 15) is 0 Å². The van der Waals surface area contributed by atoms with Crippen molar-refractivity contribution in [2.75, 3.05) is 0 Å². The Morgan fingerprint density at radius 1 is 0.153 bits per heavy atom. The number of benzene rings is 22. The van der Waals surface area contributed by atoms with Crippen molar-refractivity contribution in [1.29, 1.82) is 0 Å². The molecule has 22 aromatic carbocycles. The summed E-state index contributed by atoms with van der Waals surface area (Å²) in [5, 5.41) is 23.1. The molecule has 7 heteroatoms. The number of rotatable bonds is 12. The zero-order chi connectivity index (χ0) is 95.1. The maximum atomic E-state index is 5.24. The van der Waals surface area contributed by atoms with Gasteiger partial charge in [-0.1, -0.05) is 419 Å². The molecular weight excluding hydrogens is 1740 g/mol. The molecule has 144 heavy (non-hydrogen) atoms. The van der Waals surface area contributed by atoms with E-state index in [1.54, 1.807) is 0 Å². The monoisotopic (exact) mass is 1830 g/mol. The molecular formula is C137H87N7. The third kappa shape index (κ3) is 14.9. The summed E-state index contributed by atoms with van der Waals surface area (Å²) >= 11 is 0. The summed E-state index contributed by atoms with van der Waals surface area (Å²) in [5.41, 5.74) is 34.6. The molecule has 29 rings (SSSR count).